The highest BCUT2D eigenvalue weighted by Gasteiger charge is 2.73. The van der Waals surface area contributed by atoms with Crippen molar-refractivity contribution in [2.24, 2.45) is 34.0 Å². The summed E-state index contributed by atoms with van der Waals surface area (Å²) in [7, 11) is 0. The lowest BCUT2D eigenvalue weighted by Gasteiger charge is -2.59. The SMILES string of the molecule is CC(=O)OCC(=O)[C@@]12C=CC3(CC1)[C@@H]1CCC4=CC(=O)CC[C@@H]4[C@H]1CC[C@@]32C. The first-order chi connectivity index (χ1) is 13.3. The van der Waals surface area contributed by atoms with Crippen LogP contribution in [-0.4, -0.2) is 24.1 Å². The molecular weight excluding hydrogens is 352 g/mol. The number of fused-ring (bicyclic) bond motifs is 3. The number of carbonyl (C=O) groups is 3. The third-order valence-corrected chi connectivity index (χ3v) is 9.46. The second kappa shape index (κ2) is 5.90. The molecule has 6 atom stereocenters. The van der Waals surface area contributed by atoms with Crippen LogP contribution in [0.15, 0.2) is 23.8 Å². The summed E-state index contributed by atoms with van der Waals surface area (Å²) in [5, 5.41) is 0. The van der Waals surface area contributed by atoms with Crippen LogP contribution >= 0.6 is 0 Å². The maximum atomic E-state index is 13.2. The van der Waals surface area contributed by atoms with Gasteiger partial charge in [-0.2, -0.15) is 0 Å². The number of allylic oxidation sites excluding steroid dienone is 3. The van der Waals surface area contributed by atoms with Crippen LogP contribution in [0.3, 0.4) is 0 Å². The number of hydrogen-bond acceptors (Lipinski definition) is 4. The van der Waals surface area contributed by atoms with Crippen LogP contribution in [0.5, 0.6) is 0 Å². The highest BCUT2D eigenvalue weighted by Crippen LogP contribution is 2.78. The summed E-state index contributed by atoms with van der Waals surface area (Å²) in [6, 6.07) is 0. The Bertz CT molecular complexity index is 822. The Morgan fingerprint density at radius 1 is 1.11 bits per heavy atom. The largest absolute Gasteiger partial charge is 0.458 e. The summed E-state index contributed by atoms with van der Waals surface area (Å²) >= 11 is 0. The van der Waals surface area contributed by atoms with Gasteiger partial charge in [0.2, 0.25) is 0 Å². The Kier molecular flexibility index (Phi) is 3.86. The van der Waals surface area contributed by atoms with E-state index in [0.29, 0.717) is 30.0 Å². The monoisotopic (exact) mass is 382 g/mol. The average molecular weight is 383 g/mol. The van der Waals surface area contributed by atoms with Gasteiger partial charge in [0, 0.05) is 13.3 Å². The molecule has 0 spiro atoms. The molecular formula is C24H30O4. The lowest BCUT2D eigenvalue weighted by atomic mass is 9.44. The molecule has 0 heterocycles. The maximum absolute atomic E-state index is 13.2. The molecule has 5 rings (SSSR count). The number of Topliss-reactive ketones (excluding diaryl/α,β-unsaturated/α-hetero) is 1. The molecule has 150 valence electrons. The predicted molar refractivity (Wildman–Crippen MR) is 104 cm³/mol. The van der Waals surface area contributed by atoms with Crippen LogP contribution in [0.25, 0.3) is 0 Å². The van der Waals surface area contributed by atoms with E-state index < -0.39 is 5.41 Å². The van der Waals surface area contributed by atoms with Gasteiger partial charge in [-0.05, 0) is 79.6 Å². The highest BCUT2D eigenvalue weighted by molar-refractivity contribution is 5.92. The molecule has 28 heavy (non-hydrogen) atoms. The van der Waals surface area contributed by atoms with Crippen molar-refractivity contribution in [1.82, 2.24) is 0 Å². The van der Waals surface area contributed by atoms with E-state index in [2.05, 4.69) is 19.1 Å². The van der Waals surface area contributed by atoms with Crippen molar-refractivity contribution in [3.05, 3.63) is 23.8 Å². The molecule has 4 heteroatoms. The number of carbonyl (C=O) groups excluding carboxylic acids is 3. The molecule has 5 aliphatic carbocycles. The Labute approximate surface area is 166 Å². The Morgan fingerprint density at radius 3 is 2.64 bits per heavy atom. The van der Waals surface area contributed by atoms with Gasteiger partial charge < -0.3 is 4.74 Å². The van der Waals surface area contributed by atoms with E-state index in [4.69, 9.17) is 4.74 Å². The van der Waals surface area contributed by atoms with Crippen LogP contribution in [0, 0.1) is 34.0 Å². The van der Waals surface area contributed by atoms with Gasteiger partial charge in [0.1, 0.15) is 0 Å². The van der Waals surface area contributed by atoms with Crippen molar-refractivity contribution < 1.29 is 19.1 Å². The zero-order chi connectivity index (χ0) is 19.7. The van der Waals surface area contributed by atoms with Crippen LogP contribution in [0.4, 0.5) is 0 Å². The molecule has 1 unspecified atom stereocenters. The van der Waals surface area contributed by atoms with Crippen molar-refractivity contribution in [2.75, 3.05) is 6.61 Å². The molecule has 0 saturated heterocycles. The number of ether oxygens (including phenoxy) is 1. The number of esters is 1. The van der Waals surface area contributed by atoms with E-state index in [9.17, 15) is 14.4 Å². The molecule has 3 fully saturated rings. The smallest absolute Gasteiger partial charge is 0.303 e. The van der Waals surface area contributed by atoms with Crippen LogP contribution in [0.2, 0.25) is 0 Å². The molecule has 0 radical (unpaired) electrons. The Hall–Kier alpha value is -1.71. The second-order valence-electron chi connectivity index (χ2n) is 10.1. The number of ketones is 2. The molecule has 0 aromatic carbocycles. The summed E-state index contributed by atoms with van der Waals surface area (Å²) in [4.78, 5) is 36.4. The van der Waals surface area contributed by atoms with Crippen molar-refractivity contribution in [3.8, 4) is 0 Å². The number of hydrogen-bond donors (Lipinski definition) is 0. The molecule has 0 aromatic heterocycles. The average Bonchev–Trinajstić information content (AvgIpc) is 3.10. The standard InChI is InChI=1S/C24H30O4/c1-15(25)28-14-21(27)24-11-9-23(10-12-24)20-6-3-16-13-17(26)4-5-18(16)19(20)7-8-22(23,24)2/h9,11,13,18-20H,3-8,10,12,14H2,1-2H3/t18-,19+,20+,22-,23?,24+/m0/s1. The molecule has 2 bridgehead atoms. The van der Waals surface area contributed by atoms with E-state index in [1.807, 2.05) is 6.08 Å². The fourth-order valence-electron chi connectivity index (χ4n) is 8.14. The summed E-state index contributed by atoms with van der Waals surface area (Å²) < 4.78 is 5.11. The lowest BCUT2D eigenvalue weighted by Crippen LogP contribution is -2.54. The van der Waals surface area contributed by atoms with Gasteiger partial charge in [-0.1, -0.05) is 24.6 Å². The molecule has 4 nitrogen and oxygen atoms in total. The predicted octanol–water partition coefficient (Wildman–Crippen LogP) is 4.19. The molecule has 0 aliphatic heterocycles. The second-order valence-corrected chi connectivity index (χ2v) is 10.1. The Balaban J connectivity index is 1.47. The topological polar surface area (TPSA) is 60.4 Å². The molecule has 3 saturated carbocycles. The van der Waals surface area contributed by atoms with E-state index in [1.165, 1.54) is 12.5 Å². The van der Waals surface area contributed by atoms with E-state index >= 15 is 0 Å². The summed E-state index contributed by atoms with van der Waals surface area (Å²) in [5.41, 5.74) is 0.958. The first kappa shape index (κ1) is 18.3. The third-order valence-electron chi connectivity index (χ3n) is 9.46. The van der Waals surface area contributed by atoms with Crippen molar-refractivity contribution in [2.45, 2.75) is 65.2 Å². The van der Waals surface area contributed by atoms with E-state index in [-0.39, 0.29) is 29.2 Å². The number of rotatable bonds is 3. The van der Waals surface area contributed by atoms with Gasteiger partial charge in [0.05, 0.1) is 5.41 Å². The molecule has 0 aromatic rings. The van der Waals surface area contributed by atoms with Gasteiger partial charge in [-0.15, -0.1) is 0 Å². The Morgan fingerprint density at radius 2 is 1.93 bits per heavy atom. The minimum absolute atomic E-state index is 0.0654. The van der Waals surface area contributed by atoms with Gasteiger partial charge >= 0.3 is 5.97 Å². The lowest BCUT2D eigenvalue weighted by molar-refractivity contribution is -0.153. The van der Waals surface area contributed by atoms with Crippen molar-refractivity contribution in [3.63, 3.8) is 0 Å². The zero-order valence-electron chi connectivity index (χ0n) is 17.0. The summed E-state index contributed by atoms with van der Waals surface area (Å²) in [6.45, 7) is 3.60. The summed E-state index contributed by atoms with van der Waals surface area (Å²) in [6.07, 6.45) is 14.6. The molecule has 0 amide bonds. The fraction of sp³-hybridized carbons (Fsp3) is 0.708. The third kappa shape index (κ3) is 2.10. The van der Waals surface area contributed by atoms with Crippen LogP contribution < -0.4 is 0 Å². The van der Waals surface area contributed by atoms with Crippen LogP contribution in [-0.2, 0) is 19.1 Å². The maximum Gasteiger partial charge on any atom is 0.303 e. The van der Waals surface area contributed by atoms with Gasteiger partial charge in [0.25, 0.3) is 0 Å². The molecule has 5 aliphatic rings. The first-order valence-corrected chi connectivity index (χ1v) is 10.9. The first-order valence-electron chi connectivity index (χ1n) is 10.9. The quantitative estimate of drug-likeness (QED) is 0.542. The van der Waals surface area contributed by atoms with E-state index in [1.54, 1.807) is 0 Å². The van der Waals surface area contributed by atoms with Gasteiger partial charge in [0.15, 0.2) is 18.2 Å². The van der Waals surface area contributed by atoms with Crippen molar-refractivity contribution in [1.29, 1.82) is 0 Å². The minimum atomic E-state index is -0.466. The zero-order valence-corrected chi connectivity index (χ0v) is 17.0. The van der Waals surface area contributed by atoms with E-state index in [0.717, 1.165) is 44.9 Å². The van der Waals surface area contributed by atoms with Crippen molar-refractivity contribution >= 4 is 17.5 Å². The van der Waals surface area contributed by atoms with Crippen LogP contribution in [0.1, 0.15) is 65.2 Å². The highest BCUT2D eigenvalue weighted by atomic mass is 16.5. The van der Waals surface area contributed by atoms with Gasteiger partial charge in [-0.3, -0.25) is 14.4 Å². The molecule has 0 N–H and O–H groups in total. The summed E-state index contributed by atoms with van der Waals surface area (Å²) in [5.74, 6) is 1.81. The normalized spacial score (nSPS) is 45.7. The minimum Gasteiger partial charge on any atom is -0.458 e. The van der Waals surface area contributed by atoms with Gasteiger partial charge in [-0.25, -0.2) is 0 Å². The fourth-order valence-corrected chi connectivity index (χ4v) is 8.14.